The summed E-state index contributed by atoms with van der Waals surface area (Å²) < 4.78 is 41.5. The van der Waals surface area contributed by atoms with Gasteiger partial charge in [-0.3, -0.25) is 4.79 Å². The first kappa shape index (κ1) is 62.2. The predicted molar refractivity (Wildman–Crippen MR) is 287 cm³/mol. The van der Waals surface area contributed by atoms with E-state index in [2.05, 4.69) is 156 Å². The molecule has 0 bridgehead atoms. The molecule has 5 atom stereocenters. The Bertz CT molecular complexity index is 1440. The summed E-state index contributed by atoms with van der Waals surface area (Å²) in [6.45, 7) is 51.9. The molecule has 0 spiro atoms. The average molecular weight is 982 g/mol. The van der Waals surface area contributed by atoms with Crippen molar-refractivity contribution in [3.05, 3.63) is 48.0 Å². The highest BCUT2D eigenvalue weighted by atomic mass is 28.4. The summed E-state index contributed by atoms with van der Waals surface area (Å²) in [5.74, 6) is 0.148. The number of carbonyl (C=O) groups is 1. The fraction of sp³-hybridized carbons (Fsp3) is 0.830. The van der Waals surface area contributed by atoms with Crippen molar-refractivity contribution >= 4 is 39.3 Å². The zero-order valence-corrected chi connectivity index (χ0v) is 49.9. The fourth-order valence-electron chi connectivity index (χ4n) is 9.95. The Morgan fingerprint density at radius 3 is 1.66 bits per heavy atom. The van der Waals surface area contributed by atoms with Crippen LogP contribution in [0, 0.1) is 5.92 Å². The molecule has 65 heavy (non-hydrogen) atoms. The second-order valence-corrected chi connectivity index (χ2v) is 41.7. The van der Waals surface area contributed by atoms with E-state index >= 15 is 0 Å². The number of ether oxygens (including phenoxy) is 1. The number of aliphatic hydroxyl groups excluding tert-OH is 1. The minimum atomic E-state index is -2.71. The Kier molecular flexibility index (Phi) is 27.6. The van der Waals surface area contributed by atoms with E-state index in [9.17, 15) is 9.90 Å². The van der Waals surface area contributed by atoms with Crippen LogP contribution in [0.5, 0.6) is 0 Å². The summed E-state index contributed by atoms with van der Waals surface area (Å²) >= 11 is 0. The highest BCUT2D eigenvalue weighted by molar-refractivity contribution is 6.77. The molecule has 380 valence electrons. The molecule has 0 saturated carbocycles. The largest absolute Gasteiger partial charge is 0.415 e. The molecular weight excluding hydrogens is 877 g/mol. The molecule has 0 aliphatic carbocycles. The average Bonchev–Trinajstić information content (AvgIpc) is 3.20. The van der Waals surface area contributed by atoms with E-state index in [-0.39, 0.29) is 59.0 Å². The normalized spacial score (nSPS) is 15.9. The summed E-state index contributed by atoms with van der Waals surface area (Å²) in [6.07, 6.45) is 0.797. The molecule has 1 N–H and O–H groups in total. The van der Waals surface area contributed by atoms with Gasteiger partial charge in [0.1, 0.15) is 5.78 Å². The molecule has 1 rings (SSSR count). The lowest BCUT2D eigenvalue weighted by Gasteiger charge is -2.43. The third-order valence-electron chi connectivity index (χ3n) is 15.1. The van der Waals surface area contributed by atoms with Gasteiger partial charge in [0.25, 0.3) is 0 Å². The van der Waals surface area contributed by atoms with Crippen LogP contribution in [0.1, 0.15) is 169 Å². The Hall–Kier alpha value is -0.782. The first-order valence-electron chi connectivity index (χ1n) is 25.9. The van der Waals surface area contributed by atoms with Crippen molar-refractivity contribution in [2.75, 3.05) is 19.8 Å². The van der Waals surface area contributed by atoms with E-state index in [1.54, 1.807) is 0 Å². The lowest BCUT2D eigenvalue weighted by Crippen LogP contribution is -2.52. The van der Waals surface area contributed by atoms with Crippen LogP contribution in [0.3, 0.4) is 0 Å². The zero-order valence-electron chi connectivity index (χ0n) is 45.9. The summed E-state index contributed by atoms with van der Waals surface area (Å²) in [5.41, 5.74) is 4.18. The molecule has 1 aromatic carbocycles. The number of ketones is 1. The van der Waals surface area contributed by atoms with Gasteiger partial charge in [0.15, 0.2) is 25.0 Å². The number of hydrogen-bond acceptors (Lipinski definition) is 8. The van der Waals surface area contributed by atoms with Crippen molar-refractivity contribution in [1.29, 1.82) is 0 Å². The van der Waals surface area contributed by atoms with Crippen molar-refractivity contribution in [1.82, 2.24) is 0 Å². The van der Waals surface area contributed by atoms with Crippen LogP contribution >= 0.6 is 0 Å². The Morgan fingerprint density at radius 1 is 0.677 bits per heavy atom. The lowest BCUT2D eigenvalue weighted by molar-refractivity contribution is -0.123. The van der Waals surface area contributed by atoms with Gasteiger partial charge in [-0.2, -0.15) is 0 Å². The van der Waals surface area contributed by atoms with E-state index in [4.69, 9.17) is 26.9 Å². The van der Waals surface area contributed by atoms with Crippen molar-refractivity contribution in [3.8, 4) is 0 Å². The quantitative estimate of drug-likeness (QED) is 0.0408. The summed E-state index contributed by atoms with van der Waals surface area (Å²) in [6, 6.07) is 13.3. The minimum absolute atomic E-state index is 0.00278. The Labute approximate surface area is 406 Å². The van der Waals surface area contributed by atoms with Crippen LogP contribution in [-0.2, 0) is 38.3 Å². The zero-order chi connectivity index (χ0) is 50.0. The predicted octanol–water partition coefficient (Wildman–Crippen LogP) is 15.3. The van der Waals surface area contributed by atoms with Crippen molar-refractivity contribution in [3.63, 3.8) is 0 Å². The Balaban J connectivity index is 3.47. The highest BCUT2D eigenvalue weighted by Gasteiger charge is 2.48. The Morgan fingerprint density at radius 2 is 1.20 bits per heavy atom. The molecule has 0 amide bonds. The standard InChI is InChI=1S/C53H104O8Si4/c1-22-57-65(43(11)12,44(13)14)61-50(31-32-56-39-47-29-27-26-28-30-47)37-52(59-62(20,21)53(17,18)19)36-49(55)34-48(54)35-51(60-63(23-2,24-3)25-4)33-45(15)46(16)38-58-64(40(5)6,41(7)8)42(9)10/h26-30,40-44,46,48,50-52,54H,15,22-25,31-39H2,1-14,16-21H3/t46-,48+,50?,51-,52+/m0/s1. The van der Waals surface area contributed by atoms with Crippen molar-refractivity contribution in [2.45, 2.75) is 258 Å². The molecule has 0 fully saturated rings. The monoisotopic (exact) mass is 981 g/mol. The van der Waals surface area contributed by atoms with Crippen LogP contribution in [0.25, 0.3) is 0 Å². The van der Waals surface area contributed by atoms with Gasteiger partial charge in [0.05, 0.1) is 31.0 Å². The maximum Gasteiger partial charge on any atom is 0.343 e. The van der Waals surface area contributed by atoms with E-state index < -0.39 is 39.6 Å². The van der Waals surface area contributed by atoms with Gasteiger partial charge < -0.3 is 32.0 Å². The van der Waals surface area contributed by atoms with Gasteiger partial charge in [-0.1, -0.05) is 160 Å². The molecule has 0 aliphatic heterocycles. The number of aliphatic hydroxyl groups is 1. The number of carbonyl (C=O) groups excluding carboxylic acids is 1. The molecule has 1 aromatic rings. The number of benzene rings is 1. The summed E-state index contributed by atoms with van der Waals surface area (Å²) in [5, 5.41) is 11.8. The van der Waals surface area contributed by atoms with E-state index in [0.717, 1.165) is 29.3 Å². The van der Waals surface area contributed by atoms with Gasteiger partial charge in [-0.25, -0.2) is 0 Å². The summed E-state index contributed by atoms with van der Waals surface area (Å²) in [4.78, 5) is 14.3. The van der Waals surface area contributed by atoms with E-state index in [1.165, 1.54) is 0 Å². The minimum Gasteiger partial charge on any atom is -0.415 e. The van der Waals surface area contributed by atoms with E-state index in [1.807, 2.05) is 18.2 Å². The van der Waals surface area contributed by atoms with Crippen LogP contribution in [0.2, 0.25) is 64.0 Å². The molecule has 0 aliphatic rings. The van der Waals surface area contributed by atoms with Gasteiger partial charge >= 0.3 is 8.56 Å². The fourth-order valence-corrected chi connectivity index (χ4v) is 23.5. The first-order chi connectivity index (χ1) is 30.1. The smallest absolute Gasteiger partial charge is 0.343 e. The van der Waals surface area contributed by atoms with Gasteiger partial charge in [-0.05, 0) is 108 Å². The highest BCUT2D eigenvalue weighted by Crippen LogP contribution is 2.44. The van der Waals surface area contributed by atoms with Gasteiger partial charge in [-0.15, -0.1) is 0 Å². The van der Waals surface area contributed by atoms with Crippen molar-refractivity contribution < 1.29 is 36.8 Å². The second kappa shape index (κ2) is 28.8. The van der Waals surface area contributed by atoms with E-state index in [0.29, 0.717) is 68.7 Å². The molecular formula is C53H104O8Si4. The first-order valence-corrected chi connectivity index (χ1v) is 35.5. The van der Waals surface area contributed by atoms with Crippen LogP contribution < -0.4 is 0 Å². The molecule has 8 nitrogen and oxygen atoms in total. The van der Waals surface area contributed by atoms with Gasteiger partial charge in [0.2, 0.25) is 0 Å². The lowest BCUT2D eigenvalue weighted by atomic mass is 9.94. The van der Waals surface area contributed by atoms with Crippen LogP contribution in [0.4, 0.5) is 0 Å². The third-order valence-corrected chi connectivity index (χ3v) is 35.1. The number of rotatable bonds is 35. The van der Waals surface area contributed by atoms with Crippen LogP contribution in [-0.4, -0.2) is 88.6 Å². The third kappa shape index (κ3) is 19.2. The molecule has 12 heteroatoms. The SMILES string of the molecule is C=C(C[C@@H](C[C@H](O)CC(=O)C[C@H](CC(CCOCc1ccccc1)O[Si](OCC)(C(C)C)C(C)C)O[Si](C)(C)C(C)(C)C)O[Si](CC)(CC)CC)[C@@H](C)CO[Si](C(C)C)(C(C)C)C(C)C. The topological polar surface area (TPSA) is 92.7 Å². The molecule has 0 saturated heterocycles. The molecule has 1 unspecified atom stereocenters. The maximum absolute atomic E-state index is 14.3. The number of Topliss-reactive ketones (excluding diaryl/α,β-unsaturated/α-hetero) is 1. The molecule has 0 aromatic heterocycles. The summed E-state index contributed by atoms with van der Waals surface area (Å²) in [7, 11) is -9.14. The number of hydrogen-bond donors (Lipinski definition) is 1. The van der Waals surface area contributed by atoms with Crippen LogP contribution in [0.15, 0.2) is 42.5 Å². The van der Waals surface area contributed by atoms with Gasteiger partial charge in [0, 0.05) is 32.7 Å². The maximum atomic E-state index is 14.3. The van der Waals surface area contributed by atoms with Crippen molar-refractivity contribution in [2.24, 2.45) is 5.92 Å². The molecule has 0 heterocycles. The molecule has 0 radical (unpaired) electrons. The second-order valence-electron chi connectivity index (χ2n) is 22.5.